The first-order valence-corrected chi connectivity index (χ1v) is 13.0. The molecule has 0 saturated carbocycles. The normalized spacial score (nSPS) is 10.5. The zero-order valence-corrected chi connectivity index (χ0v) is 27.8. The van der Waals surface area contributed by atoms with Crippen LogP contribution in [-0.4, -0.2) is 72.9 Å². The minimum Gasteiger partial charge on any atom is -2.00 e. The van der Waals surface area contributed by atoms with Gasteiger partial charge in [-0.05, 0) is 35.4 Å². The predicted octanol–water partition coefficient (Wildman–Crippen LogP) is 3.34. The molecule has 1 N–H and O–H groups in total. The maximum atomic E-state index is 11.8. The van der Waals surface area contributed by atoms with Crippen molar-refractivity contribution < 1.29 is 57.4 Å². The van der Waals surface area contributed by atoms with Crippen molar-refractivity contribution in [2.45, 2.75) is 0 Å². The molecular weight excluding hydrogens is 772 g/mol. The van der Waals surface area contributed by atoms with Gasteiger partial charge in [0, 0.05) is 87.3 Å². The first kappa shape index (κ1) is 39.2. The second-order valence-electron chi connectivity index (χ2n) is 8.61. The van der Waals surface area contributed by atoms with Crippen LogP contribution in [0.5, 0.6) is 17.2 Å². The van der Waals surface area contributed by atoms with Gasteiger partial charge in [0.15, 0.2) is 0 Å². The first-order valence-electron chi connectivity index (χ1n) is 13.0. The Morgan fingerprint density at radius 3 is 1.35 bits per heavy atom. The molecule has 4 rings (SSSR count). The summed E-state index contributed by atoms with van der Waals surface area (Å²) in [5.74, 6) is 0.105. The van der Waals surface area contributed by atoms with Crippen molar-refractivity contribution in [3.05, 3.63) is 120 Å². The number of para-hydroxylation sites is 3. The Bertz CT molecular complexity index is 1200. The van der Waals surface area contributed by atoms with Gasteiger partial charge < -0.3 is 26.3 Å². The molecular formula is C32H33N5O5U-6. The molecule has 0 aliphatic heterocycles. The molecule has 0 saturated heterocycles. The van der Waals surface area contributed by atoms with Gasteiger partial charge >= 0.3 is 0 Å². The van der Waals surface area contributed by atoms with E-state index in [9.17, 15) is 15.3 Å². The van der Waals surface area contributed by atoms with Crippen LogP contribution in [-0.2, 0) is 11.0 Å². The molecule has 0 radical (unpaired) electrons. The van der Waals surface area contributed by atoms with E-state index in [0.29, 0.717) is 56.0 Å². The van der Waals surface area contributed by atoms with E-state index < -0.39 is 0 Å². The maximum Gasteiger partial charge on any atom is 0.124 e. The molecule has 0 unspecified atom stereocenters. The molecule has 4 aromatic rings. The number of pyridine rings is 1. The van der Waals surface area contributed by atoms with Gasteiger partial charge in [-0.3, -0.25) is 24.9 Å². The Labute approximate surface area is 276 Å². The predicted molar refractivity (Wildman–Crippen MR) is 159 cm³/mol. The first-order chi connectivity index (χ1) is 19.6. The van der Waals surface area contributed by atoms with Crippen LogP contribution in [0.1, 0.15) is 16.7 Å². The minimum absolute atomic E-state index is 0. The number of phenolic OH excluding ortho intramolecular Hbond substituents is 1. The number of aromatic nitrogens is 1. The molecule has 226 valence electrons. The van der Waals surface area contributed by atoms with Crippen molar-refractivity contribution in [2.75, 3.05) is 39.3 Å². The third kappa shape index (κ3) is 15.8. The quantitative estimate of drug-likeness (QED) is 0.216. The van der Waals surface area contributed by atoms with Gasteiger partial charge in [0.1, 0.15) is 5.75 Å². The molecule has 1 aromatic heterocycles. The SMILES string of the molecule is [O-2].[O-2].[O-]c1ccccc1C=NCCN(CCN=Cc1ccccc1[O-])CCN=Cc1ccccc1O.[U].c1ccncc1. The van der Waals surface area contributed by atoms with Crippen LogP contribution in [0.3, 0.4) is 0 Å². The van der Waals surface area contributed by atoms with Crippen LogP contribution in [0.2, 0.25) is 0 Å². The summed E-state index contributed by atoms with van der Waals surface area (Å²) in [6.45, 7) is 3.66. The van der Waals surface area contributed by atoms with Crippen molar-refractivity contribution in [2.24, 2.45) is 15.0 Å². The monoisotopic (exact) mass is 805 g/mol. The Morgan fingerprint density at radius 2 is 0.977 bits per heavy atom. The number of hydrogen-bond acceptors (Lipinski definition) is 8. The van der Waals surface area contributed by atoms with Gasteiger partial charge in [0.05, 0.1) is 19.6 Å². The summed E-state index contributed by atoms with van der Waals surface area (Å²) in [6.07, 6.45) is 8.39. The fraction of sp³-hybridized carbons (Fsp3) is 0.188. The van der Waals surface area contributed by atoms with Crippen LogP contribution in [0.4, 0.5) is 0 Å². The molecule has 0 bridgehead atoms. The van der Waals surface area contributed by atoms with Crippen LogP contribution in [0, 0.1) is 31.1 Å². The van der Waals surface area contributed by atoms with Gasteiger partial charge in [-0.1, -0.05) is 66.7 Å². The summed E-state index contributed by atoms with van der Waals surface area (Å²) in [7, 11) is 0. The molecule has 0 spiro atoms. The summed E-state index contributed by atoms with van der Waals surface area (Å²) < 4.78 is 0. The summed E-state index contributed by atoms with van der Waals surface area (Å²) >= 11 is 0. The number of phenols is 1. The van der Waals surface area contributed by atoms with Crippen molar-refractivity contribution in [1.29, 1.82) is 0 Å². The van der Waals surface area contributed by atoms with E-state index in [1.54, 1.807) is 67.4 Å². The van der Waals surface area contributed by atoms with Crippen molar-refractivity contribution in [3.63, 3.8) is 0 Å². The number of benzene rings is 3. The van der Waals surface area contributed by atoms with E-state index in [4.69, 9.17) is 0 Å². The molecule has 3 aromatic carbocycles. The second-order valence-corrected chi connectivity index (χ2v) is 8.61. The topological polar surface area (TPSA) is 177 Å². The smallest absolute Gasteiger partial charge is 0.124 e. The molecule has 11 heteroatoms. The number of aromatic hydroxyl groups is 1. The molecule has 0 amide bonds. The van der Waals surface area contributed by atoms with Crippen LogP contribution >= 0.6 is 0 Å². The Hall–Kier alpha value is -3.85. The average molecular weight is 806 g/mol. The van der Waals surface area contributed by atoms with E-state index in [1.165, 1.54) is 12.1 Å². The van der Waals surface area contributed by atoms with Crippen molar-refractivity contribution in [1.82, 2.24) is 9.88 Å². The molecule has 0 atom stereocenters. The van der Waals surface area contributed by atoms with Gasteiger partial charge in [-0.15, -0.1) is 11.5 Å². The van der Waals surface area contributed by atoms with Crippen LogP contribution < -0.4 is 10.2 Å². The zero-order chi connectivity index (χ0) is 28.3. The van der Waals surface area contributed by atoms with Gasteiger partial charge in [0.2, 0.25) is 0 Å². The van der Waals surface area contributed by atoms with E-state index in [2.05, 4.69) is 24.9 Å². The maximum absolute atomic E-state index is 11.8. The minimum atomic E-state index is -0.0467. The summed E-state index contributed by atoms with van der Waals surface area (Å²) in [5, 5.41) is 33.5. The number of nitrogens with zero attached hydrogens (tertiary/aromatic N) is 5. The summed E-state index contributed by atoms with van der Waals surface area (Å²) in [6, 6.07) is 26.4. The van der Waals surface area contributed by atoms with Gasteiger partial charge in [-0.2, -0.15) is 0 Å². The largest absolute Gasteiger partial charge is 2.00 e. The number of aliphatic imine (C=N–C) groups is 3. The number of rotatable bonds is 12. The van der Waals surface area contributed by atoms with E-state index in [-0.39, 0.29) is 59.3 Å². The standard InChI is InChI=1S/C27H30N4O3.C5H5N.2O.U/c32-25-10-4-1-7-22(25)19-28-13-16-31(17-14-29-20-23-8-2-5-11-26(23)33)18-15-30-21-24-9-3-6-12-27(24)34;1-2-4-6-5-3-1;;;/h1-12,19-21,32-34H,13-18H2;1-5H;;;/q;;2*-2;/p-2. The van der Waals surface area contributed by atoms with Crippen LogP contribution in [0.25, 0.3) is 0 Å². The molecule has 10 nitrogen and oxygen atoms in total. The average Bonchev–Trinajstić information content (AvgIpc) is 2.99. The zero-order valence-electron chi connectivity index (χ0n) is 23.6. The summed E-state index contributed by atoms with van der Waals surface area (Å²) in [4.78, 5) is 19.2. The third-order valence-corrected chi connectivity index (χ3v) is 5.67. The number of hydrogen-bond donors (Lipinski definition) is 1. The Balaban J connectivity index is 0.00000175. The molecule has 0 aliphatic rings. The van der Waals surface area contributed by atoms with E-state index in [0.717, 1.165) is 0 Å². The second kappa shape index (κ2) is 23.7. The van der Waals surface area contributed by atoms with Crippen molar-refractivity contribution in [3.8, 4) is 17.2 Å². The fourth-order valence-electron chi connectivity index (χ4n) is 3.51. The van der Waals surface area contributed by atoms with Crippen molar-refractivity contribution >= 4 is 18.6 Å². The fourth-order valence-corrected chi connectivity index (χ4v) is 3.51. The van der Waals surface area contributed by atoms with Gasteiger partial charge in [-0.25, -0.2) is 0 Å². The van der Waals surface area contributed by atoms with E-state index in [1.807, 2.05) is 42.5 Å². The summed E-state index contributed by atoms with van der Waals surface area (Å²) in [5.41, 5.74) is 1.82. The Morgan fingerprint density at radius 1 is 0.581 bits per heavy atom. The Kier molecular flexibility index (Phi) is 21.6. The molecule has 0 fully saturated rings. The van der Waals surface area contributed by atoms with Crippen LogP contribution in [0.15, 0.2) is 118 Å². The molecule has 1 heterocycles. The third-order valence-electron chi connectivity index (χ3n) is 5.67. The van der Waals surface area contributed by atoms with Gasteiger partial charge in [0.25, 0.3) is 0 Å². The molecule has 43 heavy (non-hydrogen) atoms. The molecule has 0 aliphatic carbocycles. The van der Waals surface area contributed by atoms with E-state index >= 15 is 0 Å².